The van der Waals surface area contributed by atoms with E-state index < -0.39 is 0 Å². The van der Waals surface area contributed by atoms with Crippen LogP contribution in [0.2, 0.25) is 0 Å². The van der Waals surface area contributed by atoms with E-state index in [1.165, 1.54) is 11.1 Å². The van der Waals surface area contributed by atoms with E-state index in [2.05, 4.69) is 31.7 Å². The summed E-state index contributed by atoms with van der Waals surface area (Å²) >= 11 is 0. The van der Waals surface area contributed by atoms with Crippen LogP contribution >= 0.6 is 0 Å². The maximum absolute atomic E-state index is 6.15. The van der Waals surface area contributed by atoms with Gasteiger partial charge in [-0.2, -0.15) is 0 Å². The second-order valence-electron chi connectivity index (χ2n) is 3.78. The van der Waals surface area contributed by atoms with E-state index in [-0.39, 0.29) is 5.54 Å². The zero-order valence-corrected chi connectivity index (χ0v) is 8.38. The Morgan fingerprint density at radius 2 is 2.23 bits per heavy atom. The van der Waals surface area contributed by atoms with Crippen molar-refractivity contribution in [2.75, 3.05) is 0 Å². The Hall–Kier alpha value is -1.08. The lowest BCUT2D eigenvalue weighted by molar-refractivity contribution is 0.502. The second-order valence-corrected chi connectivity index (χ2v) is 3.78. The fourth-order valence-corrected chi connectivity index (χ4v) is 1.42. The van der Waals surface area contributed by atoms with Crippen LogP contribution in [0, 0.1) is 6.92 Å². The standard InChI is InChI=1S/C12H17N/c1-4-8-12(3,13)11-7-5-6-10(2)9-11/h4-7,9H,1,8,13H2,2-3H3/t12-/m1/s1. The lowest BCUT2D eigenvalue weighted by Gasteiger charge is -2.23. The third-order valence-corrected chi connectivity index (χ3v) is 2.25. The van der Waals surface area contributed by atoms with Crippen molar-refractivity contribution in [2.45, 2.75) is 25.8 Å². The van der Waals surface area contributed by atoms with Crippen molar-refractivity contribution in [3.05, 3.63) is 48.0 Å². The maximum atomic E-state index is 6.15. The molecule has 0 amide bonds. The number of nitrogens with two attached hydrogens (primary N) is 1. The Morgan fingerprint density at radius 3 is 2.77 bits per heavy atom. The van der Waals surface area contributed by atoms with Crippen LogP contribution in [0.5, 0.6) is 0 Å². The molecule has 0 radical (unpaired) electrons. The quantitative estimate of drug-likeness (QED) is 0.702. The van der Waals surface area contributed by atoms with Crippen molar-refractivity contribution in [3.63, 3.8) is 0 Å². The Balaban J connectivity index is 2.99. The van der Waals surface area contributed by atoms with E-state index in [1.54, 1.807) is 0 Å². The van der Waals surface area contributed by atoms with Crippen LogP contribution in [0.3, 0.4) is 0 Å². The summed E-state index contributed by atoms with van der Waals surface area (Å²) in [6, 6.07) is 8.31. The van der Waals surface area contributed by atoms with Gasteiger partial charge in [0.05, 0.1) is 0 Å². The fraction of sp³-hybridized carbons (Fsp3) is 0.333. The predicted molar refractivity (Wildman–Crippen MR) is 57.5 cm³/mol. The minimum atomic E-state index is -0.284. The highest BCUT2D eigenvalue weighted by Crippen LogP contribution is 2.22. The summed E-state index contributed by atoms with van der Waals surface area (Å²) in [7, 11) is 0. The van der Waals surface area contributed by atoms with Crippen LogP contribution in [0.1, 0.15) is 24.5 Å². The molecule has 0 aromatic heterocycles. The molecule has 0 spiro atoms. The molecule has 1 rings (SSSR count). The molecule has 0 aliphatic carbocycles. The van der Waals surface area contributed by atoms with Crippen molar-refractivity contribution in [2.24, 2.45) is 5.73 Å². The Labute approximate surface area is 80.3 Å². The van der Waals surface area contributed by atoms with Gasteiger partial charge in [-0.3, -0.25) is 0 Å². The highest BCUT2D eigenvalue weighted by atomic mass is 14.7. The zero-order valence-electron chi connectivity index (χ0n) is 8.38. The third kappa shape index (κ3) is 2.43. The summed E-state index contributed by atoms with van der Waals surface area (Å²) < 4.78 is 0. The summed E-state index contributed by atoms with van der Waals surface area (Å²) in [4.78, 5) is 0. The topological polar surface area (TPSA) is 26.0 Å². The van der Waals surface area contributed by atoms with Crippen molar-refractivity contribution >= 4 is 0 Å². The van der Waals surface area contributed by atoms with Crippen molar-refractivity contribution in [3.8, 4) is 0 Å². The number of aryl methyl sites for hydroxylation is 1. The van der Waals surface area contributed by atoms with Gasteiger partial charge in [-0.1, -0.05) is 35.9 Å². The van der Waals surface area contributed by atoms with Crippen LogP contribution in [0.15, 0.2) is 36.9 Å². The number of hydrogen-bond donors (Lipinski definition) is 1. The molecule has 13 heavy (non-hydrogen) atoms. The van der Waals surface area contributed by atoms with E-state index in [4.69, 9.17) is 5.73 Å². The van der Waals surface area contributed by atoms with E-state index >= 15 is 0 Å². The maximum Gasteiger partial charge on any atom is 0.0415 e. The van der Waals surface area contributed by atoms with Gasteiger partial charge in [0, 0.05) is 5.54 Å². The summed E-state index contributed by atoms with van der Waals surface area (Å²) in [6.07, 6.45) is 2.67. The summed E-state index contributed by atoms with van der Waals surface area (Å²) in [5.41, 5.74) is 8.28. The molecule has 0 fully saturated rings. The lowest BCUT2D eigenvalue weighted by atomic mass is 9.89. The van der Waals surface area contributed by atoms with Gasteiger partial charge in [-0.05, 0) is 25.8 Å². The second kappa shape index (κ2) is 3.75. The largest absolute Gasteiger partial charge is 0.321 e. The molecular formula is C12H17N. The van der Waals surface area contributed by atoms with E-state index in [0.717, 1.165) is 6.42 Å². The zero-order chi connectivity index (χ0) is 9.90. The van der Waals surface area contributed by atoms with Gasteiger partial charge < -0.3 is 5.73 Å². The molecule has 1 heteroatoms. The van der Waals surface area contributed by atoms with Crippen LogP contribution in [-0.4, -0.2) is 0 Å². The molecule has 2 N–H and O–H groups in total. The van der Waals surface area contributed by atoms with Gasteiger partial charge in [0.2, 0.25) is 0 Å². The van der Waals surface area contributed by atoms with Crippen LogP contribution in [0.4, 0.5) is 0 Å². The molecule has 0 bridgehead atoms. The van der Waals surface area contributed by atoms with Gasteiger partial charge in [0.1, 0.15) is 0 Å². The molecule has 0 aliphatic rings. The minimum Gasteiger partial charge on any atom is -0.321 e. The summed E-state index contributed by atoms with van der Waals surface area (Å²) in [5, 5.41) is 0. The lowest BCUT2D eigenvalue weighted by Crippen LogP contribution is -2.32. The molecule has 70 valence electrons. The minimum absolute atomic E-state index is 0.284. The SMILES string of the molecule is C=CC[C@@](C)(N)c1cccc(C)c1. The first-order valence-corrected chi connectivity index (χ1v) is 4.53. The van der Waals surface area contributed by atoms with Crippen molar-refractivity contribution < 1.29 is 0 Å². The highest BCUT2D eigenvalue weighted by molar-refractivity contribution is 5.28. The molecule has 0 saturated carbocycles. The van der Waals surface area contributed by atoms with E-state index in [0.29, 0.717) is 0 Å². The van der Waals surface area contributed by atoms with Gasteiger partial charge in [-0.15, -0.1) is 6.58 Å². The molecule has 1 aromatic rings. The Bertz CT molecular complexity index is 300. The first-order chi connectivity index (χ1) is 6.06. The van der Waals surface area contributed by atoms with Crippen molar-refractivity contribution in [1.29, 1.82) is 0 Å². The Kier molecular flexibility index (Phi) is 2.89. The van der Waals surface area contributed by atoms with Crippen LogP contribution in [0.25, 0.3) is 0 Å². The molecule has 0 unspecified atom stereocenters. The average Bonchev–Trinajstić information content (AvgIpc) is 2.04. The van der Waals surface area contributed by atoms with Crippen molar-refractivity contribution in [1.82, 2.24) is 0 Å². The molecule has 0 heterocycles. The fourth-order valence-electron chi connectivity index (χ4n) is 1.42. The normalized spacial score (nSPS) is 15.0. The highest BCUT2D eigenvalue weighted by Gasteiger charge is 2.18. The smallest absolute Gasteiger partial charge is 0.0415 e. The first-order valence-electron chi connectivity index (χ1n) is 4.53. The average molecular weight is 175 g/mol. The van der Waals surface area contributed by atoms with Gasteiger partial charge in [0.15, 0.2) is 0 Å². The monoisotopic (exact) mass is 175 g/mol. The third-order valence-electron chi connectivity index (χ3n) is 2.25. The molecule has 0 saturated heterocycles. The van der Waals surface area contributed by atoms with Crippen LogP contribution < -0.4 is 5.73 Å². The summed E-state index contributed by atoms with van der Waals surface area (Å²) in [5.74, 6) is 0. The number of hydrogen-bond acceptors (Lipinski definition) is 1. The molecule has 1 aromatic carbocycles. The number of rotatable bonds is 3. The van der Waals surface area contributed by atoms with Gasteiger partial charge in [-0.25, -0.2) is 0 Å². The van der Waals surface area contributed by atoms with Gasteiger partial charge >= 0.3 is 0 Å². The predicted octanol–water partition coefficient (Wildman–Crippen LogP) is 2.75. The molecule has 1 nitrogen and oxygen atoms in total. The molecule has 0 aliphatic heterocycles. The van der Waals surface area contributed by atoms with E-state index in [1.807, 2.05) is 19.1 Å². The molecular weight excluding hydrogens is 158 g/mol. The van der Waals surface area contributed by atoms with Gasteiger partial charge in [0.25, 0.3) is 0 Å². The first kappa shape index (κ1) is 10.0. The number of benzene rings is 1. The summed E-state index contributed by atoms with van der Waals surface area (Å²) in [6.45, 7) is 7.82. The molecule has 1 atom stereocenters. The van der Waals surface area contributed by atoms with Crippen LogP contribution in [-0.2, 0) is 5.54 Å². The van der Waals surface area contributed by atoms with E-state index in [9.17, 15) is 0 Å². The Morgan fingerprint density at radius 1 is 1.54 bits per heavy atom.